The van der Waals surface area contributed by atoms with E-state index in [-0.39, 0.29) is 41.9 Å². The number of benzene rings is 1. The molecule has 4 aromatic rings. The Labute approximate surface area is 202 Å². The maximum absolute atomic E-state index is 14.8. The van der Waals surface area contributed by atoms with Gasteiger partial charge in [0, 0.05) is 22.9 Å². The molecule has 6 rings (SSSR count). The van der Waals surface area contributed by atoms with Crippen LogP contribution in [0.15, 0.2) is 30.7 Å². The number of carbonyl (C=O) groups is 1. The van der Waals surface area contributed by atoms with Gasteiger partial charge in [0.15, 0.2) is 5.65 Å². The van der Waals surface area contributed by atoms with Crippen LogP contribution in [0, 0.1) is 12.7 Å². The summed E-state index contributed by atoms with van der Waals surface area (Å²) < 4.78 is 56.0. The van der Waals surface area contributed by atoms with Crippen molar-refractivity contribution in [2.45, 2.75) is 32.1 Å². The lowest BCUT2D eigenvalue weighted by atomic mass is 9.93. The molecule has 0 radical (unpaired) electrons. The number of alkyl halides is 2. The highest BCUT2D eigenvalue weighted by molar-refractivity contribution is 5.80. The lowest BCUT2D eigenvalue weighted by molar-refractivity contribution is -0.122. The second-order valence-corrected chi connectivity index (χ2v) is 8.27. The fraction of sp³-hybridized carbons (Fsp3) is 0.292. The van der Waals surface area contributed by atoms with Crippen molar-refractivity contribution in [1.29, 1.82) is 0 Å². The average Bonchev–Trinajstić information content (AvgIpc) is 3.51. The zero-order valence-electron chi connectivity index (χ0n) is 19.0. The molecule has 2 aliphatic rings. The highest BCUT2D eigenvalue weighted by Crippen LogP contribution is 2.41. The van der Waals surface area contributed by atoms with Crippen molar-refractivity contribution in [3.8, 4) is 22.6 Å². The number of halogens is 3. The molecule has 9 nitrogen and oxygen atoms in total. The molecule has 1 atom stereocenters. The normalized spacial score (nSPS) is 16.0. The van der Waals surface area contributed by atoms with E-state index >= 15 is 0 Å². The molecule has 12 heteroatoms. The van der Waals surface area contributed by atoms with Crippen molar-refractivity contribution in [3.05, 3.63) is 64.9 Å². The van der Waals surface area contributed by atoms with E-state index in [1.54, 1.807) is 23.5 Å². The van der Waals surface area contributed by atoms with Crippen molar-refractivity contribution >= 4 is 12.1 Å². The number of aromatic nitrogens is 5. The molecule has 0 spiro atoms. The number of hydrogen-bond acceptors (Lipinski definition) is 7. The third-order valence-corrected chi connectivity index (χ3v) is 6.23. The molecule has 3 aromatic heterocycles. The zero-order valence-corrected chi connectivity index (χ0v) is 19.0. The number of ether oxygens (including phenoxy) is 2. The van der Waals surface area contributed by atoms with Crippen LogP contribution in [-0.4, -0.2) is 49.4 Å². The van der Waals surface area contributed by atoms with Crippen molar-refractivity contribution in [3.63, 3.8) is 0 Å². The van der Waals surface area contributed by atoms with E-state index in [1.807, 2.05) is 0 Å². The Kier molecular flexibility index (Phi) is 6.17. The van der Waals surface area contributed by atoms with Crippen LogP contribution < -0.4 is 9.47 Å². The van der Waals surface area contributed by atoms with Crippen LogP contribution in [0.5, 0.6) is 11.5 Å². The molecule has 1 N–H and O–H groups in total. The Morgan fingerprint density at radius 2 is 1.92 bits per heavy atom. The third kappa shape index (κ3) is 3.97. The second-order valence-electron chi connectivity index (χ2n) is 8.27. The minimum absolute atomic E-state index is 0.129. The van der Waals surface area contributed by atoms with E-state index in [9.17, 15) is 13.2 Å². The highest BCUT2D eigenvalue weighted by atomic mass is 19.3. The number of rotatable bonds is 2. The molecule has 0 bridgehead atoms. The highest BCUT2D eigenvalue weighted by Gasteiger charge is 2.32. The Bertz CT molecular complexity index is 1460. The number of pyridine rings is 1. The Morgan fingerprint density at radius 3 is 2.67 bits per heavy atom. The molecular formula is C24H20F3N5O4. The first-order valence-corrected chi connectivity index (χ1v) is 11.0. The van der Waals surface area contributed by atoms with Crippen LogP contribution in [-0.2, 0) is 17.6 Å². The fourth-order valence-corrected chi connectivity index (χ4v) is 4.73. The largest absolute Gasteiger partial charge is 0.493 e. The minimum Gasteiger partial charge on any atom is -0.493 e. The van der Waals surface area contributed by atoms with Gasteiger partial charge in [-0.25, -0.2) is 23.1 Å². The molecule has 36 heavy (non-hydrogen) atoms. The quantitative estimate of drug-likeness (QED) is 0.413. The van der Waals surface area contributed by atoms with Gasteiger partial charge in [0.05, 0.1) is 24.8 Å². The SMILES string of the molecule is Cc1ncc(-c2cc3c(n4cnnc24)CCc2c(F)ccc4c2[C@H](CO4)CO3)c(C(F)F)n1.O=CO. The van der Waals surface area contributed by atoms with Crippen molar-refractivity contribution in [2.24, 2.45) is 0 Å². The minimum atomic E-state index is -2.79. The van der Waals surface area contributed by atoms with E-state index in [0.717, 1.165) is 11.3 Å². The molecule has 2 aliphatic heterocycles. The van der Waals surface area contributed by atoms with E-state index in [1.165, 1.54) is 18.6 Å². The molecule has 0 aliphatic carbocycles. The monoisotopic (exact) mass is 499 g/mol. The smallest absolute Gasteiger partial charge is 0.290 e. The van der Waals surface area contributed by atoms with Gasteiger partial charge in [0.1, 0.15) is 35.2 Å². The van der Waals surface area contributed by atoms with Crippen molar-refractivity contribution in [2.75, 3.05) is 13.2 Å². The lowest BCUT2D eigenvalue weighted by Crippen LogP contribution is -2.13. The summed E-state index contributed by atoms with van der Waals surface area (Å²) in [5, 5.41) is 15.1. The van der Waals surface area contributed by atoms with Gasteiger partial charge in [-0.3, -0.25) is 9.20 Å². The van der Waals surface area contributed by atoms with Crippen LogP contribution in [0.4, 0.5) is 13.2 Å². The number of fused-ring (bicyclic) bond motifs is 3. The molecule has 0 unspecified atom stereocenters. The summed E-state index contributed by atoms with van der Waals surface area (Å²) in [6, 6.07) is 4.76. The van der Waals surface area contributed by atoms with E-state index in [4.69, 9.17) is 19.4 Å². The van der Waals surface area contributed by atoms with Crippen molar-refractivity contribution < 1.29 is 32.5 Å². The molecule has 5 heterocycles. The molecule has 186 valence electrons. The summed E-state index contributed by atoms with van der Waals surface area (Å²) in [5.41, 5.74) is 2.77. The van der Waals surface area contributed by atoms with Crippen LogP contribution in [0.3, 0.4) is 0 Å². The summed E-state index contributed by atoms with van der Waals surface area (Å²) in [4.78, 5) is 16.4. The van der Waals surface area contributed by atoms with Crippen LogP contribution in [0.2, 0.25) is 0 Å². The Balaban J connectivity index is 0.000000848. The average molecular weight is 499 g/mol. The Morgan fingerprint density at radius 1 is 1.17 bits per heavy atom. The van der Waals surface area contributed by atoms with Crippen molar-refractivity contribution in [1.82, 2.24) is 24.6 Å². The second kappa shape index (κ2) is 9.44. The number of carboxylic acid groups (broad SMARTS) is 1. The van der Waals surface area contributed by atoms with Crippen LogP contribution in [0.25, 0.3) is 16.8 Å². The van der Waals surface area contributed by atoms with Crippen LogP contribution in [0.1, 0.15) is 40.7 Å². The van der Waals surface area contributed by atoms with Crippen LogP contribution >= 0.6 is 0 Å². The van der Waals surface area contributed by atoms with Gasteiger partial charge in [0.25, 0.3) is 12.9 Å². The predicted octanol–water partition coefficient (Wildman–Crippen LogP) is 3.93. The molecule has 0 fully saturated rings. The molecule has 0 saturated heterocycles. The maximum Gasteiger partial charge on any atom is 0.290 e. The van der Waals surface area contributed by atoms with Gasteiger partial charge in [0.2, 0.25) is 0 Å². The molecular weight excluding hydrogens is 479 g/mol. The first-order valence-electron chi connectivity index (χ1n) is 11.0. The lowest BCUT2D eigenvalue weighted by Gasteiger charge is -2.17. The first kappa shape index (κ1) is 23.5. The van der Waals surface area contributed by atoms with Gasteiger partial charge >= 0.3 is 0 Å². The molecule has 0 amide bonds. The Hall–Kier alpha value is -4.22. The van der Waals surface area contributed by atoms with Gasteiger partial charge in [-0.15, -0.1) is 10.2 Å². The van der Waals surface area contributed by atoms with Gasteiger partial charge in [-0.2, -0.15) is 0 Å². The van der Waals surface area contributed by atoms with Gasteiger partial charge in [-0.05, 0) is 43.5 Å². The van der Waals surface area contributed by atoms with E-state index < -0.39 is 6.43 Å². The molecule has 0 saturated carbocycles. The predicted molar refractivity (Wildman–Crippen MR) is 120 cm³/mol. The maximum atomic E-state index is 14.8. The fourth-order valence-electron chi connectivity index (χ4n) is 4.73. The first-order chi connectivity index (χ1) is 17.4. The third-order valence-electron chi connectivity index (χ3n) is 6.23. The van der Waals surface area contributed by atoms with E-state index in [2.05, 4.69) is 20.2 Å². The summed E-state index contributed by atoms with van der Waals surface area (Å²) in [7, 11) is 0. The summed E-state index contributed by atoms with van der Waals surface area (Å²) >= 11 is 0. The van der Waals surface area contributed by atoms with Gasteiger partial charge in [-0.1, -0.05) is 0 Å². The standard InChI is InChI=1S/C23H18F3N5O2.CH2O2/c1-11-27-7-15(21(29-11)22(25)26)14-6-19-17(31-10-28-30-23(14)31)4-2-13-16(24)3-5-18-20(13)12(8-32-18)9-33-19;2-1-3/h3,5-7,10,12,22H,2,4,8-9H2,1H3;1H,(H,2,3)/t12-;/m1./s1. The van der Waals surface area contributed by atoms with E-state index in [0.29, 0.717) is 47.7 Å². The van der Waals surface area contributed by atoms with Gasteiger partial charge < -0.3 is 14.6 Å². The zero-order chi connectivity index (χ0) is 25.4. The number of aryl methyl sites for hydroxylation is 2. The summed E-state index contributed by atoms with van der Waals surface area (Å²) in [6.45, 7) is 1.96. The number of hydrogen-bond donors (Lipinski definition) is 1. The summed E-state index contributed by atoms with van der Waals surface area (Å²) in [6.07, 6.45) is 0.958. The molecule has 1 aromatic carbocycles. The summed E-state index contributed by atoms with van der Waals surface area (Å²) in [5.74, 6) is 1.03. The number of nitrogens with zero attached hydrogens (tertiary/aromatic N) is 5. The topological polar surface area (TPSA) is 112 Å².